The summed E-state index contributed by atoms with van der Waals surface area (Å²) in [7, 11) is 0. The average Bonchev–Trinajstić information content (AvgIpc) is 2.18. The Kier molecular flexibility index (Phi) is 3.52. The van der Waals surface area contributed by atoms with Gasteiger partial charge >= 0.3 is 0 Å². The van der Waals surface area contributed by atoms with Gasteiger partial charge in [0.05, 0.1) is 0 Å². The van der Waals surface area contributed by atoms with Crippen molar-refractivity contribution in [2.45, 2.75) is 19.8 Å². The van der Waals surface area contributed by atoms with E-state index in [9.17, 15) is 0 Å². The smallest absolute Gasteiger partial charge is 0.0346 e. The molecule has 2 N–H and O–H groups in total. The van der Waals surface area contributed by atoms with Crippen molar-refractivity contribution in [3.63, 3.8) is 0 Å². The average molecular weight is 187 g/mol. The van der Waals surface area contributed by atoms with E-state index in [1.165, 1.54) is 16.7 Å². The molecule has 0 atom stereocenters. The molecule has 0 fully saturated rings. The zero-order valence-electron chi connectivity index (χ0n) is 8.72. The van der Waals surface area contributed by atoms with Gasteiger partial charge in [0.25, 0.3) is 0 Å². The third kappa shape index (κ3) is 2.05. The van der Waals surface area contributed by atoms with Crippen LogP contribution in [0.2, 0.25) is 0 Å². The van der Waals surface area contributed by atoms with E-state index >= 15 is 0 Å². The fourth-order valence-corrected chi connectivity index (χ4v) is 1.61. The molecule has 1 rings (SSSR count). The number of nitrogens with two attached hydrogens (primary N) is 1. The molecule has 0 aliphatic rings. The third-order valence-electron chi connectivity index (χ3n) is 2.45. The van der Waals surface area contributed by atoms with Crippen LogP contribution in [0.3, 0.4) is 0 Å². The minimum absolute atomic E-state index is 0.856. The van der Waals surface area contributed by atoms with Gasteiger partial charge in [-0.1, -0.05) is 18.2 Å². The van der Waals surface area contributed by atoms with Gasteiger partial charge in [0.1, 0.15) is 0 Å². The molecule has 0 amide bonds. The molecule has 0 aliphatic carbocycles. The van der Waals surface area contributed by atoms with Crippen LogP contribution in [0.1, 0.15) is 16.7 Å². The Morgan fingerprint density at radius 2 is 1.86 bits per heavy atom. The minimum atomic E-state index is 0.856. The summed E-state index contributed by atoms with van der Waals surface area (Å²) < 4.78 is 0. The predicted molar refractivity (Wildman–Crippen MR) is 63.4 cm³/mol. The number of hydrogen-bond donors (Lipinski definition) is 1. The first-order chi connectivity index (χ1) is 6.70. The third-order valence-corrected chi connectivity index (χ3v) is 2.45. The van der Waals surface area contributed by atoms with Crippen LogP contribution in [0.5, 0.6) is 0 Å². The molecule has 14 heavy (non-hydrogen) atoms. The van der Waals surface area contributed by atoms with Gasteiger partial charge in [-0.25, -0.2) is 0 Å². The molecule has 0 aromatic heterocycles. The molecule has 0 heterocycles. The standard InChI is InChI=1S/C13H17N/c1-4-6-11-8-9-13(14)10(3)12(11)7-5-2/h4-5,8-9H,1-2,6-7,14H2,3H3. The predicted octanol–water partition coefficient (Wildman–Crippen LogP) is 3.03. The van der Waals surface area contributed by atoms with Crippen molar-refractivity contribution in [2.24, 2.45) is 0 Å². The topological polar surface area (TPSA) is 26.0 Å². The summed E-state index contributed by atoms with van der Waals surface area (Å²) >= 11 is 0. The van der Waals surface area contributed by atoms with E-state index in [0.717, 1.165) is 18.5 Å². The largest absolute Gasteiger partial charge is 0.399 e. The summed E-state index contributed by atoms with van der Waals surface area (Å²) in [6, 6.07) is 4.03. The zero-order chi connectivity index (χ0) is 10.6. The van der Waals surface area contributed by atoms with Crippen LogP contribution < -0.4 is 5.73 Å². The van der Waals surface area contributed by atoms with Gasteiger partial charge in [-0.15, -0.1) is 13.2 Å². The van der Waals surface area contributed by atoms with Crippen LogP contribution in [0.15, 0.2) is 37.4 Å². The zero-order valence-corrected chi connectivity index (χ0v) is 8.72. The van der Waals surface area contributed by atoms with Gasteiger partial charge in [0, 0.05) is 5.69 Å². The minimum Gasteiger partial charge on any atom is -0.399 e. The van der Waals surface area contributed by atoms with E-state index in [4.69, 9.17) is 5.73 Å². The monoisotopic (exact) mass is 187 g/mol. The number of anilines is 1. The van der Waals surface area contributed by atoms with Crippen molar-refractivity contribution in [1.82, 2.24) is 0 Å². The number of nitrogen functional groups attached to an aromatic ring is 1. The van der Waals surface area contributed by atoms with Crippen LogP contribution in [-0.2, 0) is 12.8 Å². The Morgan fingerprint density at radius 1 is 1.21 bits per heavy atom. The SMILES string of the molecule is C=CCc1ccc(N)c(C)c1CC=C. The second-order valence-corrected chi connectivity index (χ2v) is 3.40. The van der Waals surface area contributed by atoms with Crippen LogP contribution in [0, 0.1) is 6.92 Å². The maximum absolute atomic E-state index is 5.86. The molecular weight excluding hydrogens is 170 g/mol. The molecule has 0 bridgehead atoms. The fourth-order valence-electron chi connectivity index (χ4n) is 1.61. The van der Waals surface area contributed by atoms with Gasteiger partial charge in [-0.2, -0.15) is 0 Å². The van der Waals surface area contributed by atoms with E-state index in [1.54, 1.807) is 0 Å². The Labute approximate surface area is 85.9 Å². The van der Waals surface area contributed by atoms with Crippen molar-refractivity contribution in [1.29, 1.82) is 0 Å². The van der Waals surface area contributed by atoms with Crippen molar-refractivity contribution < 1.29 is 0 Å². The van der Waals surface area contributed by atoms with Crippen molar-refractivity contribution in [3.05, 3.63) is 54.1 Å². The Balaban J connectivity index is 3.21. The quantitative estimate of drug-likeness (QED) is 0.569. The first-order valence-corrected chi connectivity index (χ1v) is 4.79. The Bertz CT molecular complexity index is 350. The van der Waals surface area contributed by atoms with Crippen LogP contribution >= 0.6 is 0 Å². The lowest BCUT2D eigenvalue weighted by molar-refractivity contribution is 1.12. The molecular formula is C13H17N. The molecule has 0 aliphatic heterocycles. The summed E-state index contributed by atoms with van der Waals surface area (Å²) in [5.41, 5.74) is 10.5. The number of rotatable bonds is 4. The number of benzene rings is 1. The lowest BCUT2D eigenvalue weighted by Gasteiger charge is -2.11. The maximum atomic E-state index is 5.86. The second kappa shape index (κ2) is 4.66. The highest BCUT2D eigenvalue weighted by molar-refractivity contribution is 5.54. The molecule has 0 saturated heterocycles. The van der Waals surface area contributed by atoms with E-state index in [0.29, 0.717) is 0 Å². The van der Waals surface area contributed by atoms with Crippen molar-refractivity contribution in [3.8, 4) is 0 Å². The first kappa shape index (κ1) is 10.6. The molecule has 1 aromatic carbocycles. The Hall–Kier alpha value is -1.50. The van der Waals surface area contributed by atoms with Gasteiger partial charge in [-0.3, -0.25) is 0 Å². The van der Waals surface area contributed by atoms with E-state index < -0.39 is 0 Å². The highest BCUT2D eigenvalue weighted by Gasteiger charge is 2.05. The van der Waals surface area contributed by atoms with Gasteiger partial charge in [-0.05, 0) is 42.5 Å². The van der Waals surface area contributed by atoms with E-state index in [1.807, 2.05) is 18.2 Å². The lowest BCUT2D eigenvalue weighted by Crippen LogP contribution is -1.99. The van der Waals surface area contributed by atoms with Crippen molar-refractivity contribution in [2.75, 3.05) is 5.73 Å². The van der Waals surface area contributed by atoms with Crippen LogP contribution in [0.4, 0.5) is 5.69 Å². The highest BCUT2D eigenvalue weighted by atomic mass is 14.6. The fraction of sp³-hybridized carbons (Fsp3) is 0.231. The summed E-state index contributed by atoms with van der Waals surface area (Å²) in [4.78, 5) is 0. The number of allylic oxidation sites excluding steroid dienone is 2. The van der Waals surface area contributed by atoms with Crippen LogP contribution in [0.25, 0.3) is 0 Å². The van der Waals surface area contributed by atoms with Gasteiger partial charge < -0.3 is 5.73 Å². The van der Waals surface area contributed by atoms with Crippen LogP contribution in [-0.4, -0.2) is 0 Å². The molecule has 1 heteroatoms. The maximum Gasteiger partial charge on any atom is 0.0346 e. The molecule has 0 saturated carbocycles. The Morgan fingerprint density at radius 3 is 2.43 bits per heavy atom. The van der Waals surface area contributed by atoms with Gasteiger partial charge in [0.2, 0.25) is 0 Å². The lowest BCUT2D eigenvalue weighted by atomic mass is 9.96. The molecule has 0 radical (unpaired) electrons. The number of hydrogen-bond acceptors (Lipinski definition) is 1. The van der Waals surface area contributed by atoms with E-state index in [-0.39, 0.29) is 0 Å². The second-order valence-electron chi connectivity index (χ2n) is 3.40. The van der Waals surface area contributed by atoms with Crippen molar-refractivity contribution >= 4 is 5.69 Å². The summed E-state index contributed by atoms with van der Waals surface area (Å²) in [5, 5.41) is 0. The summed E-state index contributed by atoms with van der Waals surface area (Å²) in [5.74, 6) is 0. The molecule has 0 unspecified atom stereocenters. The van der Waals surface area contributed by atoms with Gasteiger partial charge in [0.15, 0.2) is 0 Å². The van der Waals surface area contributed by atoms with E-state index in [2.05, 4.69) is 26.1 Å². The molecule has 1 nitrogen and oxygen atoms in total. The summed E-state index contributed by atoms with van der Waals surface area (Å²) in [6.45, 7) is 9.57. The summed E-state index contributed by atoms with van der Waals surface area (Å²) in [6.07, 6.45) is 5.59. The molecule has 0 spiro atoms. The molecule has 1 aromatic rings. The first-order valence-electron chi connectivity index (χ1n) is 4.79. The highest BCUT2D eigenvalue weighted by Crippen LogP contribution is 2.21. The molecule has 74 valence electrons. The normalized spacial score (nSPS) is 9.79.